The van der Waals surface area contributed by atoms with Crippen LogP contribution in [-0.2, 0) is 16.2 Å². The molecule has 6 nitrogen and oxygen atoms in total. The molecule has 2 N–H and O–H groups in total. The molecule has 28 heavy (non-hydrogen) atoms. The van der Waals surface area contributed by atoms with Gasteiger partial charge in [-0.05, 0) is 46.5 Å². The van der Waals surface area contributed by atoms with Gasteiger partial charge in [-0.15, -0.1) is 0 Å². The van der Waals surface area contributed by atoms with Crippen LogP contribution in [-0.4, -0.2) is 33.7 Å². The van der Waals surface area contributed by atoms with E-state index in [0.717, 1.165) is 21.3 Å². The minimum Gasteiger partial charge on any atom is -0.489 e. The number of amides is 2. The van der Waals surface area contributed by atoms with Crippen molar-refractivity contribution in [2.75, 3.05) is 0 Å². The predicted molar refractivity (Wildman–Crippen MR) is 111 cm³/mol. The number of halogens is 1. The molecule has 0 saturated carbocycles. The van der Waals surface area contributed by atoms with Crippen LogP contribution in [0.15, 0.2) is 59.2 Å². The summed E-state index contributed by atoms with van der Waals surface area (Å²) in [5.74, 6) is -0.442. The number of aromatic amines is 1. The number of carbonyl (C=O) groups excluding carboxylic acids is 2. The molecule has 0 unspecified atom stereocenters. The number of rotatable bonds is 5. The Morgan fingerprint density at radius 2 is 1.89 bits per heavy atom. The lowest BCUT2D eigenvalue weighted by molar-refractivity contribution is -0.131. The number of H-pyrrole nitrogens is 1. The number of benzene rings is 2. The lowest BCUT2D eigenvalue weighted by Crippen LogP contribution is -2.42. The molecular weight excluding hydrogens is 423 g/mol. The second kappa shape index (κ2) is 7.29. The van der Waals surface area contributed by atoms with E-state index >= 15 is 0 Å². The first-order valence-corrected chi connectivity index (χ1v) is 9.50. The van der Waals surface area contributed by atoms with Crippen molar-refractivity contribution < 1.29 is 19.3 Å². The van der Waals surface area contributed by atoms with Crippen molar-refractivity contribution in [2.45, 2.75) is 13.4 Å². The van der Waals surface area contributed by atoms with Gasteiger partial charge in [-0.25, -0.2) is 0 Å². The summed E-state index contributed by atoms with van der Waals surface area (Å²) in [6, 6.07) is 15.4. The minimum absolute atomic E-state index is 0.134. The Morgan fingerprint density at radius 3 is 2.57 bits per heavy atom. The molecule has 8 heteroatoms. The lowest BCUT2D eigenvalue weighted by atomic mass is 9.85. The first kappa shape index (κ1) is 18.5. The molecule has 0 fully saturated rings. The summed E-state index contributed by atoms with van der Waals surface area (Å²) < 4.78 is 6.01. The largest absolute Gasteiger partial charge is 0.489 e. The highest BCUT2D eigenvalue weighted by molar-refractivity contribution is 9.12. The summed E-state index contributed by atoms with van der Waals surface area (Å²) in [4.78, 5) is 29.0. The second-order valence-electron chi connectivity index (χ2n) is 6.49. The maximum Gasteiger partial charge on any atom is 0.419 e. The molecule has 2 heterocycles. The Morgan fingerprint density at radius 1 is 1.14 bits per heavy atom. The zero-order valence-corrected chi connectivity index (χ0v) is 16.6. The van der Waals surface area contributed by atoms with Gasteiger partial charge in [0.2, 0.25) is 0 Å². The SMILES string of the molecule is CB(O)N1C(=O)C(Br)=C(c2c[nH]c3ccc(OCc4ccccc4)cc23)C1=O. The van der Waals surface area contributed by atoms with Crippen molar-refractivity contribution in [3.63, 3.8) is 0 Å². The van der Waals surface area contributed by atoms with Crippen molar-refractivity contribution >= 4 is 51.3 Å². The van der Waals surface area contributed by atoms with Crippen LogP contribution in [0.5, 0.6) is 5.75 Å². The van der Waals surface area contributed by atoms with Crippen molar-refractivity contribution in [1.82, 2.24) is 9.79 Å². The minimum atomic E-state index is -1.21. The monoisotopic (exact) mass is 438 g/mol. The molecule has 0 atom stereocenters. The Bertz CT molecular complexity index is 1110. The number of ether oxygens (including phenoxy) is 1. The highest BCUT2D eigenvalue weighted by atomic mass is 79.9. The molecule has 1 aliphatic rings. The van der Waals surface area contributed by atoms with Crippen molar-refractivity contribution in [3.8, 4) is 5.75 Å². The second-order valence-corrected chi connectivity index (χ2v) is 7.28. The Hall–Kier alpha value is -2.84. The number of hydrogen-bond donors (Lipinski definition) is 2. The summed E-state index contributed by atoms with van der Waals surface area (Å²) >= 11 is 3.22. The highest BCUT2D eigenvalue weighted by Gasteiger charge is 2.42. The summed E-state index contributed by atoms with van der Waals surface area (Å²) in [5.41, 5.74) is 2.66. The fraction of sp³-hybridized carbons (Fsp3) is 0.100. The summed E-state index contributed by atoms with van der Waals surface area (Å²) in [6.45, 7) is 1.80. The third kappa shape index (κ3) is 3.14. The standard InChI is InChI=1S/C20H16BBrN2O4/c1-21(27)24-19(25)17(18(22)20(24)26)15-10-23-16-8-7-13(9-14(15)16)28-11-12-5-3-2-4-6-12/h2-10,23,27H,11H2,1H3. The van der Waals surface area contributed by atoms with E-state index in [-0.39, 0.29) is 10.1 Å². The van der Waals surface area contributed by atoms with Crippen LogP contribution in [0, 0.1) is 0 Å². The van der Waals surface area contributed by atoms with Crippen LogP contribution in [0.25, 0.3) is 16.5 Å². The normalized spacial score (nSPS) is 14.3. The topological polar surface area (TPSA) is 82.6 Å². The molecule has 3 aromatic rings. The van der Waals surface area contributed by atoms with Gasteiger partial charge in [-0.1, -0.05) is 30.3 Å². The van der Waals surface area contributed by atoms with E-state index in [1.165, 1.54) is 6.82 Å². The van der Waals surface area contributed by atoms with Gasteiger partial charge in [0, 0.05) is 22.7 Å². The Kier molecular flexibility index (Phi) is 4.83. The third-order valence-electron chi connectivity index (χ3n) is 4.60. The van der Waals surface area contributed by atoms with Gasteiger partial charge in [-0.3, -0.25) is 14.4 Å². The highest BCUT2D eigenvalue weighted by Crippen LogP contribution is 2.37. The van der Waals surface area contributed by atoms with Crippen molar-refractivity contribution in [1.29, 1.82) is 0 Å². The number of nitrogens with one attached hydrogen (secondary N) is 1. The quantitative estimate of drug-likeness (QED) is 0.472. The van der Waals surface area contributed by atoms with Gasteiger partial charge in [0.25, 0.3) is 11.8 Å². The van der Waals surface area contributed by atoms with E-state index in [2.05, 4.69) is 20.9 Å². The van der Waals surface area contributed by atoms with E-state index in [4.69, 9.17) is 4.74 Å². The summed E-state index contributed by atoms with van der Waals surface area (Å²) in [7, 11) is -1.21. The molecular formula is C20H16BBrN2O4. The van der Waals surface area contributed by atoms with Gasteiger partial charge in [-0.2, -0.15) is 0 Å². The average Bonchev–Trinajstić information content (AvgIpc) is 3.19. The van der Waals surface area contributed by atoms with Crippen LogP contribution >= 0.6 is 15.9 Å². The zero-order chi connectivity index (χ0) is 19.8. The van der Waals surface area contributed by atoms with Crippen LogP contribution in [0.3, 0.4) is 0 Å². The maximum absolute atomic E-state index is 12.7. The van der Waals surface area contributed by atoms with Gasteiger partial charge < -0.3 is 14.7 Å². The molecule has 0 saturated heterocycles. The van der Waals surface area contributed by atoms with Gasteiger partial charge in [0.05, 0.1) is 10.1 Å². The summed E-state index contributed by atoms with van der Waals surface area (Å²) in [6.07, 6.45) is 1.68. The number of carbonyl (C=O) groups is 2. The van der Waals surface area contributed by atoms with Gasteiger partial charge in [0.1, 0.15) is 12.4 Å². The zero-order valence-electron chi connectivity index (χ0n) is 15.0. The molecule has 140 valence electrons. The van der Waals surface area contributed by atoms with Crippen LogP contribution < -0.4 is 4.74 Å². The van der Waals surface area contributed by atoms with E-state index in [1.54, 1.807) is 6.20 Å². The lowest BCUT2D eigenvalue weighted by Gasteiger charge is -2.14. The van der Waals surface area contributed by atoms with Crippen molar-refractivity contribution in [2.24, 2.45) is 0 Å². The molecule has 0 spiro atoms. The van der Waals surface area contributed by atoms with Crippen molar-refractivity contribution in [3.05, 3.63) is 70.3 Å². The number of nitrogens with zero attached hydrogens (tertiary/aromatic N) is 1. The Labute approximate surface area is 170 Å². The molecule has 1 aromatic heterocycles. The number of imide groups is 1. The first-order chi connectivity index (χ1) is 13.5. The van der Waals surface area contributed by atoms with Gasteiger partial charge >= 0.3 is 7.05 Å². The number of aromatic nitrogens is 1. The van der Waals surface area contributed by atoms with Gasteiger partial charge in [0.15, 0.2) is 0 Å². The maximum atomic E-state index is 12.7. The van der Waals surface area contributed by atoms with E-state index in [0.29, 0.717) is 17.9 Å². The van der Waals surface area contributed by atoms with E-state index in [1.807, 2.05) is 48.5 Å². The van der Waals surface area contributed by atoms with E-state index in [9.17, 15) is 14.6 Å². The fourth-order valence-corrected chi connectivity index (χ4v) is 3.80. The van der Waals surface area contributed by atoms with Crippen LogP contribution in [0.2, 0.25) is 6.82 Å². The molecule has 0 bridgehead atoms. The molecule has 2 amide bonds. The molecule has 2 aromatic carbocycles. The Balaban J connectivity index is 1.69. The van der Waals surface area contributed by atoms with Crippen LogP contribution in [0.4, 0.5) is 0 Å². The molecule has 0 radical (unpaired) electrons. The number of hydrogen-bond acceptors (Lipinski definition) is 4. The smallest absolute Gasteiger partial charge is 0.419 e. The molecule has 0 aliphatic carbocycles. The third-order valence-corrected chi connectivity index (χ3v) is 5.34. The fourth-order valence-electron chi connectivity index (χ4n) is 3.23. The predicted octanol–water partition coefficient (Wildman–Crippen LogP) is 3.33. The summed E-state index contributed by atoms with van der Waals surface area (Å²) in [5, 5.41) is 10.5. The van der Waals surface area contributed by atoms with E-state index < -0.39 is 18.9 Å². The molecule has 1 aliphatic heterocycles. The van der Waals surface area contributed by atoms with Crippen LogP contribution in [0.1, 0.15) is 11.1 Å². The molecule has 4 rings (SSSR count). The first-order valence-electron chi connectivity index (χ1n) is 8.71. The average molecular weight is 439 g/mol. The number of fused-ring (bicyclic) bond motifs is 1.